The fourth-order valence-electron chi connectivity index (χ4n) is 2.08. The smallest absolute Gasteiger partial charge is 0.234 e. The number of rotatable bonds is 6. The van der Waals surface area contributed by atoms with Crippen LogP contribution in [0.2, 0.25) is 0 Å². The summed E-state index contributed by atoms with van der Waals surface area (Å²) in [5.41, 5.74) is 7.65. The second kappa shape index (κ2) is 6.75. The highest BCUT2D eigenvalue weighted by Crippen LogP contribution is 2.32. The van der Waals surface area contributed by atoms with Crippen LogP contribution in [0.3, 0.4) is 0 Å². The molecule has 0 heterocycles. The Morgan fingerprint density at radius 1 is 1.40 bits per heavy atom. The van der Waals surface area contributed by atoms with Gasteiger partial charge < -0.3 is 15.8 Å². The molecule has 3 N–H and O–H groups in total. The number of hydrogen-bond acceptors (Lipinski definition) is 3. The van der Waals surface area contributed by atoms with E-state index in [0.717, 1.165) is 11.3 Å². The molecule has 1 atom stereocenters. The summed E-state index contributed by atoms with van der Waals surface area (Å²) in [5.74, 6) is 0.535. The normalized spacial score (nSPS) is 13.1. The second-order valence-electron chi connectivity index (χ2n) is 6.13. The quantitative estimate of drug-likeness (QED) is 0.838. The van der Waals surface area contributed by atoms with Crippen LogP contribution in [0.4, 0.5) is 0 Å². The third kappa shape index (κ3) is 4.53. The van der Waals surface area contributed by atoms with E-state index in [4.69, 9.17) is 10.5 Å². The Labute approximate surface area is 121 Å². The summed E-state index contributed by atoms with van der Waals surface area (Å²) >= 11 is 0. The SMILES string of the molecule is CNC(CCOc1cc(C)ccc1C(C)(C)C)C(N)=O. The molecule has 0 radical (unpaired) electrons. The van der Waals surface area contributed by atoms with E-state index in [1.807, 2.05) is 13.0 Å². The van der Waals surface area contributed by atoms with E-state index in [1.54, 1.807) is 7.05 Å². The first-order valence-electron chi connectivity index (χ1n) is 6.96. The number of benzene rings is 1. The average Bonchev–Trinajstić information content (AvgIpc) is 2.32. The Morgan fingerprint density at radius 2 is 2.05 bits per heavy atom. The molecule has 0 saturated heterocycles. The zero-order valence-electron chi connectivity index (χ0n) is 13.1. The summed E-state index contributed by atoms with van der Waals surface area (Å²) in [7, 11) is 1.72. The first kappa shape index (κ1) is 16.5. The number of primary amides is 1. The van der Waals surface area contributed by atoms with E-state index in [-0.39, 0.29) is 17.4 Å². The van der Waals surface area contributed by atoms with Crippen LogP contribution in [0.1, 0.15) is 38.3 Å². The van der Waals surface area contributed by atoms with Gasteiger partial charge in [0.2, 0.25) is 5.91 Å². The first-order valence-corrected chi connectivity index (χ1v) is 6.96. The van der Waals surface area contributed by atoms with Gasteiger partial charge in [-0.25, -0.2) is 0 Å². The fraction of sp³-hybridized carbons (Fsp3) is 0.562. The number of ether oxygens (including phenoxy) is 1. The van der Waals surface area contributed by atoms with Gasteiger partial charge in [-0.05, 0) is 36.6 Å². The van der Waals surface area contributed by atoms with E-state index in [0.29, 0.717) is 13.0 Å². The monoisotopic (exact) mass is 278 g/mol. The van der Waals surface area contributed by atoms with Crippen LogP contribution >= 0.6 is 0 Å². The maximum absolute atomic E-state index is 11.2. The van der Waals surface area contributed by atoms with Gasteiger partial charge in [-0.3, -0.25) is 4.79 Å². The number of carbonyl (C=O) groups is 1. The van der Waals surface area contributed by atoms with Crippen LogP contribution < -0.4 is 15.8 Å². The van der Waals surface area contributed by atoms with Crippen LogP contribution in [-0.2, 0) is 10.2 Å². The largest absolute Gasteiger partial charge is 0.493 e. The third-order valence-electron chi connectivity index (χ3n) is 3.30. The molecule has 0 aliphatic heterocycles. The summed E-state index contributed by atoms with van der Waals surface area (Å²) in [6, 6.07) is 5.89. The lowest BCUT2D eigenvalue weighted by Gasteiger charge is -2.23. The van der Waals surface area contributed by atoms with Crippen LogP contribution in [0, 0.1) is 6.92 Å². The molecule has 1 aromatic rings. The standard InChI is InChI=1S/C16H26N2O2/c1-11-6-7-12(16(2,3)4)14(10-11)20-9-8-13(18-5)15(17)19/h6-7,10,13,18H,8-9H2,1-5H3,(H2,17,19). The molecule has 0 fully saturated rings. The predicted octanol–water partition coefficient (Wildman–Crippen LogP) is 2.13. The third-order valence-corrected chi connectivity index (χ3v) is 3.30. The van der Waals surface area contributed by atoms with Crippen molar-refractivity contribution in [3.8, 4) is 5.75 Å². The number of nitrogens with two attached hydrogens (primary N) is 1. The van der Waals surface area contributed by atoms with Crippen molar-refractivity contribution in [1.29, 1.82) is 0 Å². The van der Waals surface area contributed by atoms with E-state index in [9.17, 15) is 4.79 Å². The van der Waals surface area contributed by atoms with Crippen molar-refractivity contribution in [2.75, 3.05) is 13.7 Å². The minimum Gasteiger partial charge on any atom is -0.493 e. The van der Waals surface area contributed by atoms with Gasteiger partial charge >= 0.3 is 0 Å². The van der Waals surface area contributed by atoms with Crippen molar-refractivity contribution in [1.82, 2.24) is 5.32 Å². The Balaban J connectivity index is 2.77. The zero-order valence-corrected chi connectivity index (χ0v) is 13.1. The molecule has 4 nitrogen and oxygen atoms in total. The molecule has 1 aromatic carbocycles. The van der Waals surface area contributed by atoms with Crippen molar-refractivity contribution in [2.24, 2.45) is 5.73 Å². The molecule has 0 aliphatic carbocycles. The lowest BCUT2D eigenvalue weighted by Crippen LogP contribution is -2.40. The molecule has 0 spiro atoms. The van der Waals surface area contributed by atoms with E-state index in [1.165, 1.54) is 5.56 Å². The van der Waals surface area contributed by atoms with Gasteiger partial charge in [-0.2, -0.15) is 0 Å². The van der Waals surface area contributed by atoms with Crippen molar-refractivity contribution in [3.05, 3.63) is 29.3 Å². The van der Waals surface area contributed by atoms with Crippen LogP contribution in [0.25, 0.3) is 0 Å². The number of nitrogens with one attached hydrogen (secondary N) is 1. The molecule has 112 valence electrons. The highest BCUT2D eigenvalue weighted by molar-refractivity contribution is 5.79. The highest BCUT2D eigenvalue weighted by Gasteiger charge is 2.19. The summed E-state index contributed by atoms with van der Waals surface area (Å²) in [6.45, 7) is 8.97. The number of hydrogen-bond donors (Lipinski definition) is 2. The Morgan fingerprint density at radius 3 is 2.55 bits per heavy atom. The molecule has 0 bridgehead atoms. The first-order chi connectivity index (χ1) is 9.25. The lowest BCUT2D eigenvalue weighted by molar-refractivity contribution is -0.120. The maximum Gasteiger partial charge on any atom is 0.234 e. The number of carbonyl (C=O) groups excluding carboxylic acids is 1. The van der Waals surface area contributed by atoms with Gasteiger partial charge in [-0.1, -0.05) is 32.9 Å². The Bertz CT molecular complexity index is 464. The number of likely N-dealkylation sites (N-methyl/N-ethyl adjacent to an activating group) is 1. The topological polar surface area (TPSA) is 64.3 Å². The second-order valence-corrected chi connectivity index (χ2v) is 6.13. The summed E-state index contributed by atoms with van der Waals surface area (Å²) in [6.07, 6.45) is 0.559. The van der Waals surface area contributed by atoms with Gasteiger partial charge in [0.15, 0.2) is 0 Å². The molecular formula is C16H26N2O2. The Kier molecular flexibility index (Phi) is 5.57. The predicted molar refractivity (Wildman–Crippen MR) is 82.0 cm³/mol. The minimum atomic E-state index is -0.351. The molecule has 4 heteroatoms. The van der Waals surface area contributed by atoms with Crippen molar-refractivity contribution in [3.63, 3.8) is 0 Å². The minimum absolute atomic E-state index is 0.0229. The van der Waals surface area contributed by atoms with Gasteiger partial charge in [-0.15, -0.1) is 0 Å². The average molecular weight is 278 g/mol. The van der Waals surface area contributed by atoms with Crippen LogP contribution in [-0.4, -0.2) is 25.6 Å². The molecule has 20 heavy (non-hydrogen) atoms. The lowest BCUT2D eigenvalue weighted by atomic mass is 9.86. The van der Waals surface area contributed by atoms with E-state index >= 15 is 0 Å². The number of aryl methyl sites for hydroxylation is 1. The summed E-state index contributed by atoms with van der Waals surface area (Å²) in [5, 5.41) is 2.89. The number of amides is 1. The van der Waals surface area contributed by atoms with Crippen molar-refractivity contribution < 1.29 is 9.53 Å². The Hall–Kier alpha value is -1.55. The molecule has 1 rings (SSSR count). The van der Waals surface area contributed by atoms with E-state index in [2.05, 4.69) is 38.2 Å². The molecule has 0 aromatic heterocycles. The van der Waals surface area contributed by atoms with Crippen LogP contribution in [0.5, 0.6) is 5.75 Å². The van der Waals surface area contributed by atoms with E-state index < -0.39 is 0 Å². The molecule has 0 aliphatic rings. The summed E-state index contributed by atoms with van der Waals surface area (Å²) < 4.78 is 5.88. The van der Waals surface area contributed by atoms with Crippen LogP contribution in [0.15, 0.2) is 18.2 Å². The maximum atomic E-state index is 11.2. The molecule has 1 unspecified atom stereocenters. The zero-order chi connectivity index (χ0) is 15.3. The molecule has 0 saturated carbocycles. The highest BCUT2D eigenvalue weighted by atomic mass is 16.5. The van der Waals surface area contributed by atoms with Crippen molar-refractivity contribution >= 4 is 5.91 Å². The van der Waals surface area contributed by atoms with Gasteiger partial charge in [0.1, 0.15) is 5.75 Å². The van der Waals surface area contributed by atoms with Gasteiger partial charge in [0.05, 0.1) is 12.6 Å². The molecular weight excluding hydrogens is 252 g/mol. The van der Waals surface area contributed by atoms with Crippen molar-refractivity contribution in [2.45, 2.75) is 45.6 Å². The van der Waals surface area contributed by atoms with Gasteiger partial charge in [0, 0.05) is 6.42 Å². The fourth-order valence-corrected chi connectivity index (χ4v) is 2.08. The summed E-state index contributed by atoms with van der Waals surface area (Å²) in [4.78, 5) is 11.2. The molecule has 1 amide bonds. The van der Waals surface area contributed by atoms with Gasteiger partial charge in [0.25, 0.3) is 0 Å².